The molecule has 3 rings (SSSR count). The van der Waals surface area contributed by atoms with Crippen LogP contribution >= 0.6 is 0 Å². The summed E-state index contributed by atoms with van der Waals surface area (Å²) in [6.45, 7) is 1.20. The molecule has 2 aromatic rings. The normalized spacial score (nSPS) is 16.1. The molecule has 1 aliphatic heterocycles. The molecule has 0 spiro atoms. The van der Waals surface area contributed by atoms with Gasteiger partial charge in [0.2, 0.25) is 15.9 Å². The largest absolute Gasteiger partial charge is 0.420 e. The third-order valence-corrected chi connectivity index (χ3v) is 5.89. The summed E-state index contributed by atoms with van der Waals surface area (Å²) in [6, 6.07) is 6.73. The van der Waals surface area contributed by atoms with Gasteiger partial charge in [-0.2, -0.15) is 4.31 Å². The first-order chi connectivity index (χ1) is 12.9. The fourth-order valence-corrected chi connectivity index (χ4v) is 4.44. The molecule has 10 heteroatoms. The smallest absolute Gasteiger partial charge is 0.408 e. The molecule has 0 bridgehead atoms. The van der Waals surface area contributed by atoms with Crippen molar-refractivity contribution in [3.8, 4) is 0 Å². The Morgan fingerprint density at radius 2 is 2.00 bits per heavy atom. The van der Waals surface area contributed by atoms with Crippen LogP contribution in [-0.2, 0) is 26.1 Å². The number of hydrogen-bond acceptors (Lipinski definition) is 6. The van der Waals surface area contributed by atoms with Crippen LogP contribution in [0.4, 0.5) is 0 Å². The van der Waals surface area contributed by atoms with E-state index in [0.717, 1.165) is 0 Å². The van der Waals surface area contributed by atoms with E-state index in [1.165, 1.54) is 15.1 Å². The maximum absolute atomic E-state index is 12.2. The molecule has 1 amide bonds. The Balaban J connectivity index is 1.59. The number of nitrogens with one attached hydrogen (secondary N) is 1. The van der Waals surface area contributed by atoms with E-state index in [-0.39, 0.29) is 31.6 Å². The number of carbonyl (C=O) groups excluding carboxylic acids is 1. The van der Waals surface area contributed by atoms with Gasteiger partial charge in [-0.05, 0) is 25.0 Å². The predicted molar refractivity (Wildman–Crippen MR) is 98.9 cm³/mol. The Kier molecular flexibility index (Phi) is 5.98. The molecule has 1 N–H and O–H groups in total. The summed E-state index contributed by atoms with van der Waals surface area (Å²) in [5.74, 6) is -0.990. The quantitative estimate of drug-likeness (QED) is 0.712. The Morgan fingerprint density at radius 1 is 1.30 bits per heavy atom. The predicted octanol–water partition coefficient (Wildman–Crippen LogP) is 0.151. The van der Waals surface area contributed by atoms with Crippen LogP contribution in [0.25, 0.3) is 11.1 Å². The van der Waals surface area contributed by atoms with E-state index in [9.17, 15) is 18.0 Å². The van der Waals surface area contributed by atoms with Crippen LogP contribution in [0.15, 0.2) is 33.5 Å². The molecule has 9 nitrogen and oxygen atoms in total. The van der Waals surface area contributed by atoms with Crippen molar-refractivity contribution in [2.24, 2.45) is 0 Å². The van der Waals surface area contributed by atoms with Gasteiger partial charge in [-0.3, -0.25) is 9.36 Å². The fourth-order valence-electron chi connectivity index (χ4n) is 3.26. The molecular formula is C17H23N3O6S. The number of aromatic nitrogens is 1. The van der Waals surface area contributed by atoms with Gasteiger partial charge in [0.15, 0.2) is 5.58 Å². The molecule has 0 unspecified atom stereocenters. The van der Waals surface area contributed by atoms with Crippen LogP contribution in [-0.4, -0.2) is 61.8 Å². The van der Waals surface area contributed by atoms with Crippen molar-refractivity contribution in [2.45, 2.75) is 25.4 Å². The van der Waals surface area contributed by atoms with Crippen LogP contribution in [0.5, 0.6) is 0 Å². The van der Waals surface area contributed by atoms with Crippen molar-refractivity contribution in [1.82, 2.24) is 14.2 Å². The van der Waals surface area contributed by atoms with Crippen molar-refractivity contribution >= 4 is 27.0 Å². The lowest BCUT2D eigenvalue weighted by atomic mass is 10.1. The summed E-state index contributed by atoms with van der Waals surface area (Å²) in [5.41, 5.74) is 0.954. The zero-order valence-electron chi connectivity index (χ0n) is 15.1. The molecule has 1 saturated heterocycles. The molecule has 1 aromatic heterocycles. The minimum Gasteiger partial charge on any atom is -0.408 e. The summed E-state index contributed by atoms with van der Waals surface area (Å²) >= 11 is 0. The van der Waals surface area contributed by atoms with E-state index in [1.54, 1.807) is 24.3 Å². The first-order valence-electron chi connectivity index (χ1n) is 8.76. The first kappa shape index (κ1) is 19.6. The summed E-state index contributed by atoms with van der Waals surface area (Å²) in [7, 11) is -3.39. The Labute approximate surface area is 156 Å². The van der Waals surface area contributed by atoms with Gasteiger partial charge in [0.25, 0.3) is 0 Å². The minimum absolute atomic E-state index is 0.119. The average Bonchev–Trinajstić information content (AvgIpc) is 2.94. The van der Waals surface area contributed by atoms with Crippen LogP contribution < -0.4 is 11.1 Å². The lowest BCUT2D eigenvalue weighted by Crippen LogP contribution is -2.46. The maximum Gasteiger partial charge on any atom is 0.420 e. The van der Waals surface area contributed by atoms with Crippen molar-refractivity contribution in [1.29, 1.82) is 0 Å². The molecular weight excluding hydrogens is 374 g/mol. The van der Waals surface area contributed by atoms with E-state index in [4.69, 9.17) is 9.15 Å². The zero-order chi connectivity index (χ0) is 19.4. The number of nitrogens with zero attached hydrogens (tertiary/aromatic N) is 2. The number of carbonyl (C=O) groups is 1. The van der Waals surface area contributed by atoms with Gasteiger partial charge < -0.3 is 14.5 Å². The van der Waals surface area contributed by atoms with E-state index in [2.05, 4.69) is 5.32 Å². The van der Waals surface area contributed by atoms with Crippen LogP contribution in [0.1, 0.15) is 12.8 Å². The standard InChI is InChI=1S/C17H23N3O6S/c1-27(23,24)20(13-6-10-25-11-7-13)9-8-18-16(21)12-19-14-4-2-3-5-15(14)26-17(19)22/h2-5,13H,6-12H2,1H3,(H,18,21). The topological polar surface area (TPSA) is 111 Å². The summed E-state index contributed by atoms with van der Waals surface area (Å²) < 4.78 is 37.2. The maximum atomic E-state index is 12.2. The molecule has 0 aliphatic carbocycles. The van der Waals surface area contributed by atoms with Gasteiger partial charge >= 0.3 is 5.76 Å². The van der Waals surface area contributed by atoms with Gasteiger partial charge in [0.1, 0.15) is 6.54 Å². The highest BCUT2D eigenvalue weighted by atomic mass is 32.2. The van der Waals surface area contributed by atoms with Crippen molar-refractivity contribution in [3.05, 3.63) is 34.8 Å². The Hall–Kier alpha value is -2.17. The number of ether oxygens (including phenoxy) is 1. The number of amides is 1. The van der Waals surface area contributed by atoms with Gasteiger partial charge in [0.05, 0.1) is 11.8 Å². The molecule has 1 fully saturated rings. The second-order valence-corrected chi connectivity index (χ2v) is 8.42. The van der Waals surface area contributed by atoms with Crippen LogP contribution in [0, 0.1) is 0 Å². The molecule has 0 radical (unpaired) electrons. The Bertz CT molecular complexity index is 958. The molecule has 27 heavy (non-hydrogen) atoms. The van der Waals surface area contributed by atoms with Gasteiger partial charge in [-0.1, -0.05) is 12.1 Å². The minimum atomic E-state index is -3.39. The zero-order valence-corrected chi connectivity index (χ0v) is 15.9. The number of oxazole rings is 1. The highest BCUT2D eigenvalue weighted by molar-refractivity contribution is 7.88. The average molecular weight is 397 g/mol. The molecule has 1 aromatic carbocycles. The number of para-hydroxylation sites is 2. The molecule has 0 saturated carbocycles. The SMILES string of the molecule is CS(=O)(=O)N(CCNC(=O)Cn1c(=O)oc2ccccc21)C1CCOCC1. The number of benzene rings is 1. The number of sulfonamides is 1. The van der Waals surface area contributed by atoms with Crippen molar-refractivity contribution in [3.63, 3.8) is 0 Å². The molecule has 2 heterocycles. The molecule has 148 valence electrons. The number of fused-ring (bicyclic) bond motifs is 1. The summed E-state index contributed by atoms with van der Waals surface area (Å²) in [5, 5.41) is 2.68. The van der Waals surface area contributed by atoms with Gasteiger partial charge in [-0.25, -0.2) is 13.2 Å². The van der Waals surface area contributed by atoms with Gasteiger partial charge in [0, 0.05) is 32.3 Å². The highest BCUT2D eigenvalue weighted by Gasteiger charge is 2.28. The lowest BCUT2D eigenvalue weighted by molar-refractivity contribution is -0.121. The van der Waals surface area contributed by atoms with Crippen LogP contribution in [0.3, 0.4) is 0 Å². The van der Waals surface area contributed by atoms with Crippen LogP contribution in [0.2, 0.25) is 0 Å². The number of hydrogen-bond donors (Lipinski definition) is 1. The summed E-state index contributed by atoms with van der Waals surface area (Å²) in [6.07, 6.45) is 2.44. The van der Waals surface area contributed by atoms with E-state index in [1.807, 2.05) is 0 Å². The van der Waals surface area contributed by atoms with Crippen molar-refractivity contribution < 1.29 is 22.4 Å². The molecule has 1 aliphatic rings. The third kappa shape index (κ3) is 4.76. The fraction of sp³-hybridized carbons (Fsp3) is 0.529. The van der Waals surface area contributed by atoms with E-state index < -0.39 is 15.8 Å². The first-order valence-corrected chi connectivity index (χ1v) is 10.6. The monoisotopic (exact) mass is 397 g/mol. The second kappa shape index (κ2) is 8.24. The van der Waals surface area contributed by atoms with E-state index in [0.29, 0.717) is 37.2 Å². The second-order valence-electron chi connectivity index (χ2n) is 6.49. The highest BCUT2D eigenvalue weighted by Crippen LogP contribution is 2.17. The lowest BCUT2D eigenvalue weighted by Gasteiger charge is -2.32. The van der Waals surface area contributed by atoms with Crippen molar-refractivity contribution in [2.75, 3.05) is 32.6 Å². The molecule has 0 atom stereocenters. The van der Waals surface area contributed by atoms with Gasteiger partial charge in [-0.15, -0.1) is 0 Å². The summed E-state index contributed by atoms with van der Waals surface area (Å²) in [4.78, 5) is 24.1. The Morgan fingerprint density at radius 3 is 2.70 bits per heavy atom. The van der Waals surface area contributed by atoms with E-state index >= 15 is 0 Å². The number of rotatable bonds is 7. The third-order valence-electron chi connectivity index (χ3n) is 4.55.